The molecule has 1 aromatic heterocycles. The van der Waals surface area contributed by atoms with Crippen molar-refractivity contribution in [1.29, 1.82) is 0 Å². The van der Waals surface area contributed by atoms with Crippen molar-refractivity contribution in [1.82, 2.24) is 15.6 Å². The normalized spacial score (nSPS) is 21.4. The lowest BCUT2D eigenvalue weighted by Gasteiger charge is -2.25. The molecule has 1 fully saturated rings. The first-order chi connectivity index (χ1) is 14.2. The van der Waals surface area contributed by atoms with Crippen molar-refractivity contribution < 1.29 is 9.13 Å². The summed E-state index contributed by atoms with van der Waals surface area (Å²) in [5.74, 6) is 2.30. The first kappa shape index (κ1) is 19.5. The van der Waals surface area contributed by atoms with Gasteiger partial charge in [0.2, 0.25) is 0 Å². The van der Waals surface area contributed by atoms with E-state index in [1.54, 1.807) is 12.3 Å². The maximum absolute atomic E-state index is 14.0. The van der Waals surface area contributed by atoms with Crippen LogP contribution in [0.15, 0.2) is 47.6 Å². The first-order valence-electron chi connectivity index (χ1n) is 10.4. The topological polar surface area (TPSA) is 61.8 Å². The molecule has 154 valence electrons. The molecule has 0 bridgehead atoms. The summed E-state index contributed by atoms with van der Waals surface area (Å²) in [6, 6.07) is 11.5. The molecule has 0 saturated carbocycles. The van der Waals surface area contributed by atoms with Crippen LogP contribution in [0.5, 0.6) is 5.75 Å². The lowest BCUT2D eigenvalue weighted by Crippen LogP contribution is -2.45. The number of nitrogens with one attached hydrogen (secondary N) is 2. The number of pyridine rings is 1. The Morgan fingerprint density at radius 3 is 3.03 bits per heavy atom. The molecule has 2 aromatic rings. The Kier molecular flexibility index (Phi) is 6.12. The predicted molar refractivity (Wildman–Crippen MR) is 113 cm³/mol. The number of aromatic nitrogens is 1. The van der Waals surface area contributed by atoms with E-state index in [-0.39, 0.29) is 11.9 Å². The minimum absolute atomic E-state index is 0.205. The fourth-order valence-corrected chi connectivity index (χ4v) is 4.00. The van der Waals surface area contributed by atoms with Gasteiger partial charge in [0, 0.05) is 44.3 Å². The number of aliphatic imine (C=N–C) groups is 1. The van der Waals surface area contributed by atoms with Crippen molar-refractivity contribution >= 4 is 11.8 Å². The van der Waals surface area contributed by atoms with Gasteiger partial charge in [0.05, 0.1) is 6.61 Å². The van der Waals surface area contributed by atoms with Crippen molar-refractivity contribution in [3.05, 3.63) is 54.0 Å². The summed E-state index contributed by atoms with van der Waals surface area (Å²) in [5.41, 5.74) is 1.23. The summed E-state index contributed by atoms with van der Waals surface area (Å²) < 4.78 is 19.8. The van der Waals surface area contributed by atoms with Gasteiger partial charge in [0.15, 0.2) is 17.6 Å². The van der Waals surface area contributed by atoms with Gasteiger partial charge < -0.3 is 20.3 Å². The minimum atomic E-state index is -0.271. The Morgan fingerprint density at radius 1 is 1.28 bits per heavy atom. The molecule has 2 atom stereocenters. The summed E-state index contributed by atoms with van der Waals surface area (Å²) in [5, 5.41) is 6.85. The van der Waals surface area contributed by atoms with Crippen molar-refractivity contribution in [2.45, 2.75) is 31.7 Å². The first-order valence-corrected chi connectivity index (χ1v) is 10.4. The van der Waals surface area contributed by atoms with Crippen molar-refractivity contribution in [2.24, 2.45) is 4.99 Å². The Morgan fingerprint density at radius 2 is 2.17 bits per heavy atom. The molecule has 4 rings (SSSR count). The summed E-state index contributed by atoms with van der Waals surface area (Å²) in [7, 11) is 0. The van der Waals surface area contributed by atoms with Crippen molar-refractivity contribution in [3.63, 3.8) is 0 Å². The predicted octanol–water partition coefficient (Wildman–Crippen LogP) is 2.92. The monoisotopic (exact) mass is 397 g/mol. The number of guanidine groups is 1. The third-order valence-electron chi connectivity index (χ3n) is 5.46. The molecule has 2 aliphatic rings. The molecule has 2 N–H and O–H groups in total. The van der Waals surface area contributed by atoms with E-state index >= 15 is 0 Å². The number of anilines is 1. The van der Waals surface area contributed by atoms with Crippen LogP contribution in [0, 0.1) is 5.82 Å². The molecule has 1 aromatic carbocycles. The molecule has 2 aliphatic heterocycles. The van der Waals surface area contributed by atoms with E-state index in [0.29, 0.717) is 24.8 Å². The van der Waals surface area contributed by atoms with Crippen LogP contribution in [0.1, 0.15) is 31.2 Å². The van der Waals surface area contributed by atoms with Gasteiger partial charge in [-0.15, -0.1) is 0 Å². The van der Waals surface area contributed by atoms with E-state index in [2.05, 4.69) is 34.7 Å². The van der Waals surface area contributed by atoms with Crippen LogP contribution in [-0.2, 0) is 0 Å². The molecular formula is C22H28FN5O. The van der Waals surface area contributed by atoms with Crippen LogP contribution < -0.4 is 20.3 Å². The molecule has 1 saturated heterocycles. The number of para-hydroxylation sites is 1. The number of benzene rings is 1. The number of hydrogen-bond acceptors (Lipinski definition) is 4. The van der Waals surface area contributed by atoms with E-state index in [4.69, 9.17) is 9.73 Å². The van der Waals surface area contributed by atoms with Gasteiger partial charge in [0.25, 0.3) is 0 Å². The highest BCUT2D eigenvalue weighted by molar-refractivity contribution is 5.80. The van der Waals surface area contributed by atoms with Gasteiger partial charge in [-0.25, -0.2) is 9.37 Å². The zero-order valence-corrected chi connectivity index (χ0v) is 16.8. The number of hydrogen-bond donors (Lipinski definition) is 2. The second kappa shape index (κ2) is 9.11. The molecule has 0 amide bonds. The highest BCUT2D eigenvalue weighted by Crippen LogP contribution is 2.33. The van der Waals surface area contributed by atoms with Crippen molar-refractivity contribution in [3.8, 4) is 5.75 Å². The molecule has 0 spiro atoms. The third-order valence-corrected chi connectivity index (χ3v) is 5.46. The average Bonchev–Trinajstić information content (AvgIpc) is 3.20. The maximum atomic E-state index is 14.0. The zero-order chi connectivity index (χ0) is 20.1. The fraction of sp³-hybridized carbons (Fsp3) is 0.455. The van der Waals surface area contributed by atoms with Gasteiger partial charge in [0.1, 0.15) is 5.75 Å². The molecule has 6 nitrogen and oxygen atoms in total. The molecule has 7 heteroatoms. The quantitative estimate of drug-likeness (QED) is 0.600. The Hall–Kier alpha value is -2.83. The molecular weight excluding hydrogens is 369 g/mol. The van der Waals surface area contributed by atoms with Crippen LogP contribution in [0.4, 0.5) is 10.2 Å². The molecule has 29 heavy (non-hydrogen) atoms. The average molecular weight is 397 g/mol. The van der Waals surface area contributed by atoms with Crippen molar-refractivity contribution in [2.75, 3.05) is 37.7 Å². The smallest absolute Gasteiger partial charge is 0.191 e. The minimum Gasteiger partial charge on any atom is -0.493 e. The highest BCUT2D eigenvalue weighted by atomic mass is 19.1. The van der Waals surface area contributed by atoms with Crippen LogP contribution in [0.3, 0.4) is 0 Å². The van der Waals surface area contributed by atoms with Crippen LogP contribution >= 0.6 is 0 Å². The molecule has 0 aliphatic carbocycles. The lowest BCUT2D eigenvalue weighted by atomic mass is 9.93. The second-order valence-corrected chi connectivity index (χ2v) is 7.48. The Labute approximate surface area is 171 Å². The van der Waals surface area contributed by atoms with Crippen LogP contribution in [0.25, 0.3) is 0 Å². The number of halogens is 1. The van der Waals surface area contributed by atoms with E-state index in [0.717, 1.165) is 44.2 Å². The van der Waals surface area contributed by atoms with Gasteiger partial charge in [-0.2, -0.15) is 0 Å². The summed E-state index contributed by atoms with van der Waals surface area (Å²) >= 11 is 0. The maximum Gasteiger partial charge on any atom is 0.191 e. The fourth-order valence-electron chi connectivity index (χ4n) is 4.00. The van der Waals surface area contributed by atoms with E-state index in [1.165, 1.54) is 11.6 Å². The molecule has 2 unspecified atom stereocenters. The Balaban J connectivity index is 1.39. The Bertz CT molecular complexity index is 859. The summed E-state index contributed by atoms with van der Waals surface area (Å²) in [6.45, 7) is 5.78. The van der Waals surface area contributed by atoms with Crippen LogP contribution in [-0.4, -0.2) is 49.8 Å². The van der Waals surface area contributed by atoms with Gasteiger partial charge >= 0.3 is 0 Å². The zero-order valence-electron chi connectivity index (χ0n) is 16.8. The SMILES string of the molecule is CCNC(=NCC1CCOc2ccccc21)NC1CCN(c2ncccc2F)C1. The van der Waals surface area contributed by atoms with E-state index in [1.807, 2.05) is 17.0 Å². The standard InChI is InChI=1S/C22H28FN5O/c1-2-24-22(26-14-16-10-13-29-20-8-4-3-6-18(16)20)27-17-9-12-28(15-17)21-19(23)7-5-11-25-21/h3-8,11,16-17H,2,9-10,12-15H2,1H3,(H2,24,26,27). The van der Waals surface area contributed by atoms with Gasteiger partial charge in [-0.3, -0.25) is 4.99 Å². The molecule has 3 heterocycles. The second-order valence-electron chi connectivity index (χ2n) is 7.48. The lowest BCUT2D eigenvalue weighted by molar-refractivity contribution is 0.269. The van der Waals surface area contributed by atoms with Crippen LogP contribution in [0.2, 0.25) is 0 Å². The summed E-state index contributed by atoms with van der Waals surface area (Å²) in [6.07, 6.45) is 3.52. The number of fused-ring (bicyclic) bond motifs is 1. The largest absolute Gasteiger partial charge is 0.493 e. The number of rotatable bonds is 5. The van der Waals surface area contributed by atoms with Gasteiger partial charge in [-0.05, 0) is 43.5 Å². The van der Waals surface area contributed by atoms with E-state index in [9.17, 15) is 4.39 Å². The van der Waals surface area contributed by atoms with E-state index < -0.39 is 0 Å². The summed E-state index contributed by atoms with van der Waals surface area (Å²) in [4.78, 5) is 11.0. The number of ether oxygens (including phenoxy) is 1. The number of nitrogens with zero attached hydrogens (tertiary/aromatic N) is 3. The molecule has 0 radical (unpaired) electrons. The highest BCUT2D eigenvalue weighted by Gasteiger charge is 2.26. The van der Waals surface area contributed by atoms with Gasteiger partial charge in [-0.1, -0.05) is 18.2 Å². The third kappa shape index (κ3) is 4.60.